The van der Waals surface area contributed by atoms with Crippen LogP contribution in [-0.2, 0) is 6.61 Å². The smallest absolute Gasteiger partial charge is 0.272 e. The van der Waals surface area contributed by atoms with E-state index in [-0.39, 0.29) is 5.91 Å². The second-order valence-corrected chi connectivity index (χ2v) is 8.44. The molecule has 2 aromatic heterocycles. The summed E-state index contributed by atoms with van der Waals surface area (Å²) >= 11 is 6.15. The highest BCUT2D eigenvalue weighted by molar-refractivity contribution is 6.30. The Morgan fingerprint density at radius 3 is 2.44 bits per heavy atom. The van der Waals surface area contributed by atoms with Crippen LogP contribution in [0.15, 0.2) is 85.1 Å². The highest BCUT2D eigenvalue weighted by Crippen LogP contribution is 2.23. The van der Waals surface area contributed by atoms with Crippen molar-refractivity contribution >= 4 is 23.2 Å². The minimum Gasteiger partial charge on any atom is -0.472 e. The fraction of sp³-hybridized carbons (Fsp3) is 0.192. The fourth-order valence-corrected chi connectivity index (χ4v) is 4.15. The molecule has 0 N–H and O–H groups in total. The Morgan fingerprint density at radius 2 is 1.71 bits per heavy atom. The lowest BCUT2D eigenvalue weighted by atomic mass is 10.2. The highest BCUT2D eigenvalue weighted by atomic mass is 35.5. The van der Waals surface area contributed by atoms with Gasteiger partial charge in [-0.1, -0.05) is 54.1 Å². The molecule has 7 nitrogen and oxygen atoms in total. The van der Waals surface area contributed by atoms with Crippen LogP contribution in [-0.4, -0.2) is 51.8 Å². The summed E-state index contributed by atoms with van der Waals surface area (Å²) in [5.41, 5.74) is 2.52. The van der Waals surface area contributed by atoms with E-state index in [0.717, 1.165) is 24.3 Å². The van der Waals surface area contributed by atoms with E-state index in [0.29, 0.717) is 42.1 Å². The van der Waals surface area contributed by atoms with Crippen molar-refractivity contribution in [3.63, 3.8) is 0 Å². The molecule has 0 bridgehead atoms. The molecule has 8 heteroatoms. The lowest BCUT2D eigenvalue weighted by Gasteiger charge is -2.36. The number of benzene rings is 2. The molecule has 1 amide bonds. The third-order valence-electron chi connectivity index (χ3n) is 5.74. The summed E-state index contributed by atoms with van der Waals surface area (Å²) in [6, 6.07) is 24.9. The minimum atomic E-state index is -0.0986. The maximum absolute atomic E-state index is 13.5. The molecule has 34 heavy (non-hydrogen) atoms. The van der Waals surface area contributed by atoms with Crippen molar-refractivity contribution in [1.82, 2.24) is 19.7 Å². The van der Waals surface area contributed by atoms with Crippen molar-refractivity contribution in [3.05, 3.63) is 101 Å². The molecule has 4 aromatic rings. The van der Waals surface area contributed by atoms with E-state index < -0.39 is 0 Å². The topological polar surface area (TPSA) is 63.5 Å². The maximum atomic E-state index is 13.5. The average molecular weight is 474 g/mol. The Morgan fingerprint density at radius 1 is 0.912 bits per heavy atom. The molecular weight excluding hydrogens is 450 g/mol. The van der Waals surface area contributed by atoms with E-state index in [4.69, 9.17) is 16.3 Å². The van der Waals surface area contributed by atoms with Crippen molar-refractivity contribution in [2.24, 2.45) is 0 Å². The first-order valence-corrected chi connectivity index (χ1v) is 11.5. The van der Waals surface area contributed by atoms with Gasteiger partial charge in [0.05, 0.1) is 0 Å². The Hall–Kier alpha value is -3.84. The summed E-state index contributed by atoms with van der Waals surface area (Å²) < 4.78 is 7.47. The third kappa shape index (κ3) is 4.89. The number of anilines is 1. The van der Waals surface area contributed by atoms with Crippen molar-refractivity contribution in [3.8, 4) is 11.7 Å². The van der Waals surface area contributed by atoms with Gasteiger partial charge in [-0.3, -0.25) is 4.79 Å². The molecule has 172 valence electrons. The molecule has 0 saturated carbocycles. The Kier molecular flexibility index (Phi) is 6.44. The number of hydrogen-bond acceptors (Lipinski definition) is 5. The van der Waals surface area contributed by atoms with Crippen molar-refractivity contribution in [2.45, 2.75) is 6.61 Å². The number of piperazine rings is 1. The van der Waals surface area contributed by atoms with Gasteiger partial charge in [-0.15, -0.1) is 5.10 Å². The lowest BCUT2D eigenvalue weighted by molar-refractivity contribution is 0.0737. The van der Waals surface area contributed by atoms with Crippen molar-refractivity contribution in [1.29, 1.82) is 0 Å². The Bertz CT molecular complexity index is 1250. The van der Waals surface area contributed by atoms with Crippen molar-refractivity contribution < 1.29 is 9.53 Å². The van der Waals surface area contributed by atoms with Gasteiger partial charge in [-0.25, -0.2) is 9.67 Å². The zero-order valence-electron chi connectivity index (χ0n) is 18.5. The number of carbonyl (C=O) groups is 1. The largest absolute Gasteiger partial charge is 0.472 e. The number of carbonyl (C=O) groups excluding carboxylic acids is 1. The SMILES string of the molecule is O=C(c1cc(OCc2ccccc2)nn1-c1ccccn1)N1CCN(c2cccc(Cl)c2)CC1. The van der Waals surface area contributed by atoms with Gasteiger partial charge in [0.1, 0.15) is 12.3 Å². The standard InChI is InChI=1S/C26H24ClN5O2/c27-21-9-6-10-22(17-21)30-13-15-31(16-14-30)26(33)23-18-25(34-19-20-7-2-1-3-8-20)29-32(23)24-11-4-5-12-28-24/h1-12,17-18H,13-16,19H2. The monoisotopic (exact) mass is 473 g/mol. The van der Waals surface area contributed by atoms with E-state index in [1.807, 2.05) is 77.7 Å². The summed E-state index contributed by atoms with van der Waals surface area (Å²) in [7, 11) is 0. The van der Waals surface area contributed by atoms with Crippen LogP contribution in [0.1, 0.15) is 16.1 Å². The third-order valence-corrected chi connectivity index (χ3v) is 5.98. The zero-order valence-corrected chi connectivity index (χ0v) is 19.3. The number of amides is 1. The van der Waals surface area contributed by atoms with Crippen LogP contribution in [0.25, 0.3) is 5.82 Å². The molecule has 1 aliphatic rings. The molecule has 0 aliphatic carbocycles. The second-order valence-electron chi connectivity index (χ2n) is 8.00. The normalized spacial score (nSPS) is 13.7. The van der Waals surface area contributed by atoms with E-state index >= 15 is 0 Å². The van der Waals surface area contributed by atoms with Crippen LogP contribution >= 0.6 is 11.6 Å². The van der Waals surface area contributed by atoms with Gasteiger partial charge in [-0.2, -0.15) is 0 Å². The summed E-state index contributed by atoms with van der Waals surface area (Å²) in [6.07, 6.45) is 1.68. The number of hydrogen-bond donors (Lipinski definition) is 0. The molecular formula is C26H24ClN5O2. The first-order valence-electron chi connectivity index (χ1n) is 11.2. The lowest BCUT2D eigenvalue weighted by Crippen LogP contribution is -2.49. The molecule has 0 unspecified atom stereocenters. The molecule has 0 spiro atoms. The fourth-order valence-electron chi connectivity index (χ4n) is 3.97. The van der Waals surface area contributed by atoms with Crippen LogP contribution in [0, 0.1) is 0 Å². The van der Waals surface area contributed by atoms with E-state index in [9.17, 15) is 4.79 Å². The van der Waals surface area contributed by atoms with Gasteiger partial charge in [0.15, 0.2) is 5.82 Å². The number of pyridine rings is 1. The van der Waals surface area contributed by atoms with Crippen LogP contribution in [0.3, 0.4) is 0 Å². The summed E-state index contributed by atoms with van der Waals surface area (Å²) in [4.78, 5) is 22.0. The number of aromatic nitrogens is 3. The number of ether oxygens (including phenoxy) is 1. The van der Waals surface area contributed by atoms with Gasteiger partial charge >= 0.3 is 0 Å². The number of rotatable bonds is 6. The first-order chi connectivity index (χ1) is 16.7. The quantitative estimate of drug-likeness (QED) is 0.413. The predicted molar refractivity (Wildman–Crippen MR) is 132 cm³/mol. The molecule has 1 fully saturated rings. The molecule has 0 radical (unpaired) electrons. The molecule has 0 atom stereocenters. The summed E-state index contributed by atoms with van der Waals surface area (Å²) in [6.45, 7) is 3.01. The van der Waals surface area contributed by atoms with Gasteiger partial charge in [0.2, 0.25) is 5.88 Å². The van der Waals surface area contributed by atoms with E-state index in [1.54, 1.807) is 16.9 Å². The zero-order chi connectivity index (χ0) is 23.3. The highest BCUT2D eigenvalue weighted by Gasteiger charge is 2.27. The van der Waals surface area contributed by atoms with Gasteiger partial charge in [0.25, 0.3) is 5.91 Å². The van der Waals surface area contributed by atoms with Crippen LogP contribution < -0.4 is 9.64 Å². The minimum absolute atomic E-state index is 0.0986. The molecule has 5 rings (SSSR count). The van der Waals surface area contributed by atoms with Gasteiger partial charge in [0, 0.05) is 49.2 Å². The van der Waals surface area contributed by atoms with Crippen LogP contribution in [0.2, 0.25) is 5.02 Å². The first kappa shape index (κ1) is 22.0. The molecule has 1 aliphatic heterocycles. The maximum Gasteiger partial charge on any atom is 0.272 e. The Balaban J connectivity index is 1.34. The average Bonchev–Trinajstić information content (AvgIpc) is 3.33. The van der Waals surface area contributed by atoms with Crippen LogP contribution in [0.5, 0.6) is 5.88 Å². The van der Waals surface area contributed by atoms with Gasteiger partial charge < -0.3 is 14.5 Å². The predicted octanol–water partition coefficient (Wildman–Crippen LogP) is 4.46. The summed E-state index contributed by atoms with van der Waals surface area (Å²) in [5.74, 6) is 0.854. The van der Waals surface area contributed by atoms with Gasteiger partial charge in [-0.05, 0) is 35.9 Å². The molecule has 1 saturated heterocycles. The van der Waals surface area contributed by atoms with Crippen molar-refractivity contribution in [2.75, 3.05) is 31.1 Å². The Labute approximate surface area is 203 Å². The molecule has 3 heterocycles. The number of nitrogens with zero attached hydrogens (tertiary/aromatic N) is 5. The molecule has 2 aromatic carbocycles. The second kappa shape index (κ2) is 9.97. The van der Waals surface area contributed by atoms with E-state index in [2.05, 4.69) is 15.0 Å². The number of halogens is 1. The van der Waals surface area contributed by atoms with Crippen LogP contribution in [0.4, 0.5) is 5.69 Å². The summed E-state index contributed by atoms with van der Waals surface area (Å²) in [5, 5.41) is 5.25. The van der Waals surface area contributed by atoms with E-state index in [1.165, 1.54) is 0 Å².